The van der Waals surface area contributed by atoms with Crippen molar-refractivity contribution in [3.05, 3.63) is 34.9 Å². The van der Waals surface area contributed by atoms with Gasteiger partial charge in [-0.3, -0.25) is 9.80 Å². The lowest BCUT2D eigenvalue weighted by Gasteiger charge is -2.35. The molecule has 1 aliphatic rings. The molecule has 0 radical (unpaired) electrons. The molecule has 22 heavy (non-hydrogen) atoms. The van der Waals surface area contributed by atoms with E-state index in [4.69, 9.17) is 16.3 Å². The van der Waals surface area contributed by atoms with Gasteiger partial charge in [0.1, 0.15) is 0 Å². The number of nitrogens with zero attached hydrogens (tertiary/aromatic N) is 2. The van der Waals surface area contributed by atoms with Gasteiger partial charge in [0.15, 0.2) is 0 Å². The Morgan fingerprint density at radius 2 is 1.68 bits per heavy atom. The number of aliphatic hydroxyl groups excluding tert-OH is 1. The molecule has 124 valence electrons. The molecule has 0 aromatic heterocycles. The number of benzene rings is 1. The van der Waals surface area contributed by atoms with Crippen molar-refractivity contribution in [2.45, 2.75) is 32.6 Å². The lowest BCUT2D eigenvalue weighted by molar-refractivity contribution is -0.0148. The minimum Gasteiger partial charge on any atom is -0.389 e. The van der Waals surface area contributed by atoms with Crippen molar-refractivity contribution in [2.75, 3.05) is 39.3 Å². The van der Waals surface area contributed by atoms with Crippen LogP contribution in [-0.4, -0.2) is 66.4 Å². The van der Waals surface area contributed by atoms with E-state index in [1.807, 2.05) is 26.0 Å². The molecule has 0 spiro atoms. The third kappa shape index (κ3) is 6.23. The van der Waals surface area contributed by atoms with Gasteiger partial charge in [-0.2, -0.15) is 0 Å². The first kappa shape index (κ1) is 17.7. The van der Waals surface area contributed by atoms with Gasteiger partial charge in [0.2, 0.25) is 0 Å². The molecule has 0 aliphatic carbocycles. The first-order valence-corrected chi connectivity index (χ1v) is 8.39. The zero-order valence-corrected chi connectivity index (χ0v) is 14.3. The molecule has 1 fully saturated rings. The summed E-state index contributed by atoms with van der Waals surface area (Å²) in [6.45, 7) is 10.1. The number of ether oxygens (including phenoxy) is 1. The Labute approximate surface area is 138 Å². The van der Waals surface area contributed by atoms with E-state index in [1.165, 1.54) is 5.56 Å². The SMILES string of the molecule is CC(C)OC[C@H](O)CN1CCN(Cc2ccc(Cl)cc2)CC1. The molecular weight excluding hydrogens is 300 g/mol. The van der Waals surface area contributed by atoms with Crippen LogP contribution in [0, 0.1) is 0 Å². The molecule has 1 atom stereocenters. The highest BCUT2D eigenvalue weighted by Crippen LogP contribution is 2.13. The second kappa shape index (κ2) is 8.85. The summed E-state index contributed by atoms with van der Waals surface area (Å²) in [6.07, 6.45) is -0.226. The van der Waals surface area contributed by atoms with E-state index in [0.29, 0.717) is 13.2 Å². The van der Waals surface area contributed by atoms with Crippen LogP contribution in [0.25, 0.3) is 0 Å². The third-order valence-corrected chi connectivity index (χ3v) is 4.13. The molecule has 0 amide bonds. The van der Waals surface area contributed by atoms with Gasteiger partial charge in [-0.05, 0) is 31.5 Å². The summed E-state index contributed by atoms with van der Waals surface area (Å²) in [7, 11) is 0. The maximum absolute atomic E-state index is 9.98. The van der Waals surface area contributed by atoms with Gasteiger partial charge in [0, 0.05) is 44.3 Å². The van der Waals surface area contributed by atoms with Crippen molar-refractivity contribution >= 4 is 11.6 Å². The molecule has 0 unspecified atom stereocenters. The summed E-state index contributed by atoms with van der Waals surface area (Å²) in [6, 6.07) is 8.06. The van der Waals surface area contributed by atoms with Crippen LogP contribution >= 0.6 is 11.6 Å². The summed E-state index contributed by atoms with van der Waals surface area (Å²) in [5, 5.41) is 10.8. The van der Waals surface area contributed by atoms with Crippen LogP contribution in [0.4, 0.5) is 0 Å². The predicted molar refractivity (Wildman–Crippen MR) is 90.3 cm³/mol. The maximum atomic E-state index is 9.98. The van der Waals surface area contributed by atoms with E-state index < -0.39 is 6.10 Å². The largest absolute Gasteiger partial charge is 0.389 e. The van der Waals surface area contributed by atoms with E-state index >= 15 is 0 Å². The molecule has 1 aromatic carbocycles. The van der Waals surface area contributed by atoms with Crippen molar-refractivity contribution in [3.63, 3.8) is 0 Å². The van der Waals surface area contributed by atoms with Crippen LogP contribution in [-0.2, 0) is 11.3 Å². The van der Waals surface area contributed by atoms with Gasteiger partial charge < -0.3 is 9.84 Å². The highest BCUT2D eigenvalue weighted by Gasteiger charge is 2.19. The van der Waals surface area contributed by atoms with Crippen LogP contribution in [0.15, 0.2) is 24.3 Å². The number of piperazine rings is 1. The molecule has 1 heterocycles. The van der Waals surface area contributed by atoms with Gasteiger partial charge in [-0.25, -0.2) is 0 Å². The Morgan fingerprint density at radius 3 is 2.27 bits per heavy atom. The zero-order valence-electron chi connectivity index (χ0n) is 13.5. The number of hydrogen-bond donors (Lipinski definition) is 1. The van der Waals surface area contributed by atoms with Crippen LogP contribution in [0.5, 0.6) is 0 Å². The molecule has 0 bridgehead atoms. The van der Waals surface area contributed by atoms with Crippen molar-refractivity contribution in [1.29, 1.82) is 0 Å². The Balaban J connectivity index is 1.68. The Hall–Kier alpha value is -0.650. The average Bonchev–Trinajstić information content (AvgIpc) is 2.49. The van der Waals surface area contributed by atoms with Crippen LogP contribution < -0.4 is 0 Å². The standard InChI is InChI=1S/C17H27ClN2O2/c1-14(2)22-13-17(21)12-20-9-7-19(8-10-20)11-15-3-5-16(18)6-4-15/h3-6,14,17,21H,7-13H2,1-2H3/t17-/m1/s1. The molecule has 1 N–H and O–H groups in total. The monoisotopic (exact) mass is 326 g/mol. The first-order chi connectivity index (χ1) is 10.5. The Bertz CT molecular complexity index is 431. The molecule has 1 aromatic rings. The van der Waals surface area contributed by atoms with Gasteiger partial charge in [0.25, 0.3) is 0 Å². The molecule has 0 saturated carbocycles. The number of β-amino-alcohol motifs (C(OH)–C–C–N with tert-alkyl or cyclic N) is 1. The Morgan fingerprint density at radius 1 is 1.09 bits per heavy atom. The fraction of sp³-hybridized carbons (Fsp3) is 0.647. The predicted octanol–water partition coefficient (Wildman–Crippen LogP) is 2.24. The number of rotatable bonds is 7. The van der Waals surface area contributed by atoms with E-state index in [1.54, 1.807) is 0 Å². The van der Waals surface area contributed by atoms with E-state index in [2.05, 4.69) is 21.9 Å². The third-order valence-electron chi connectivity index (χ3n) is 3.88. The van der Waals surface area contributed by atoms with Crippen molar-refractivity contribution in [3.8, 4) is 0 Å². The summed E-state index contributed by atoms with van der Waals surface area (Å²) < 4.78 is 5.46. The minimum atomic E-state index is -0.398. The summed E-state index contributed by atoms with van der Waals surface area (Å²) >= 11 is 5.91. The number of hydrogen-bond acceptors (Lipinski definition) is 4. The normalized spacial score (nSPS) is 18.8. The number of halogens is 1. The zero-order chi connectivity index (χ0) is 15.9. The fourth-order valence-electron chi connectivity index (χ4n) is 2.63. The van der Waals surface area contributed by atoms with Gasteiger partial charge in [0.05, 0.1) is 18.8 Å². The molecule has 1 saturated heterocycles. The van der Waals surface area contributed by atoms with Crippen molar-refractivity contribution in [2.24, 2.45) is 0 Å². The minimum absolute atomic E-state index is 0.172. The summed E-state index contributed by atoms with van der Waals surface area (Å²) in [5.74, 6) is 0. The van der Waals surface area contributed by atoms with Crippen LogP contribution in [0.2, 0.25) is 5.02 Å². The highest BCUT2D eigenvalue weighted by molar-refractivity contribution is 6.30. The van der Waals surface area contributed by atoms with E-state index in [9.17, 15) is 5.11 Å². The van der Waals surface area contributed by atoms with Gasteiger partial charge in [-0.1, -0.05) is 23.7 Å². The van der Waals surface area contributed by atoms with Crippen LogP contribution in [0.3, 0.4) is 0 Å². The number of aliphatic hydroxyl groups is 1. The average molecular weight is 327 g/mol. The smallest absolute Gasteiger partial charge is 0.0900 e. The van der Waals surface area contributed by atoms with Gasteiger partial charge in [-0.15, -0.1) is 0 Å². The second-order valence-corrected chi connectivity index (χ2v) is 6.68. The van der Waals surface area contributed by atoms with Crippen molar-refractivity contribution in [1.82, 2.24) is 9.80 Å². The summed E-state index contributed by atoms with van der Waals surface area (Å²) in [4.78, 5) is 4.75. The van der Waals surface area contributed by atoms with Gasteiger partial charge >= 0.3 is 0 Å². The molecule has 2 rings (SSSR count). The topological polar surface area (TPSA) is 35.9 Å². The maximum Gasteiger partial charge on any atom is 0.0900 e. The van der Waals surface area contributed by atoms with Crippen LogP contribution in [0.1, 0.15) is 19.4 Å². The molecule has 4 nitrogen and oxygen atoms in total. The van der Waals surface area contributed by atoms with E-state index in [0.717, 1.165) is 37.7 Å². The van der Waals surface area contributed by atoms with Crippen molar-refractivity contribution < 1.29 is 9.84 Å². The van der Waals surface area contributed by atoms with E-state index in [-0.39, 0.29) is 6.10 Å². The first-order valence-electron chi connectivity index (χ1n) is 8.02. The molecular formula is C17H27ClN2O2. The summed E-state index contributed by atoms with van der Waals surface area (Å²) in [5.41, 5.74) is 1.29. The Kier molecular flexibility index (Phi) is 7.12. The second-order valence-electron chi connectivity index (χ2n) is 6.24. The fourth-order valence-corrected chi connectivity index (χ4v) is 2.76. The molecule has 1 aliphatic heterocycles. The molecule has 5 heteroatoms. The lowest BCUT2D eigenvalue weighted by atomic mass is 10.2. The quantitative estimate of drug-likeness (QED) is 0.833. The lowest BCUT2D eigenvalue weighted by Crippen LogP contribution is -2.48. The highest BCUT2D eigenvalue weighted by atomic mass is 35.5.